The molecule has 0 spiro atoms. The van der Waals surface area contributed by atoms with Gasteiger partial charge in [0.25, 0.3) is 0 Å². The lowest BCUT2D eigenvalue weighted by molar-refractivity contribution is 0.580. The highest BCUT2D eigenvalue weighted by molar-refractivity contribution is 9.10. The number of hydrogen-bond donors (Lipinski definition) is 2. The Balaban J connectivity index is 1.87. The van der Waals surface area contributed by atoms with E-state index in [2.05, 4.69) is 26.2 Å². The molecule has 6 heteroatoms. The lowest BCUT2D eigenvalue weighted by Crippen LogP contribution is -2.03. The van der Waals surface area contributed by atoms with Crippen LogP contribution in [0.1, 0.15) is 5.69 Å². The molecule has 0 saturated carbocycles. The van der Waals surface area contributed by atoms with Crippen molar-refractivity contribution in [1.82, 2.24) is 4.98 Å². The van der Waals surface area contributed by atoms with E-state index in [0.29, 0.717) is 11.6 Å². The number of benzene rings is 2. The number of hydrogen-bond acceptors (Lipinski definition) is 1. The van der Waals surface area contributed by atoms with Crippen molar-refractivity contribution in [3.05, 3.63) is 63.2 Å². The second kappa shape index (κ2) is 5.66. The van der Waals surface area contributed by atoms with Crippen molar-refractivity contribution in [2.24, 2.45) is 0 Å². The average Bonchev–Trinajstić information content (AvgIpc) is 2.79. The molecule has 0 atom stereocenters. The van der Waals surface area contributed by atoms with Crippen molar-refractivity contribution in [3.63, 3.8) is 0 Å². The summed E-state index contributed by atoms with van der Waals surface area (Å²) in [6, 6.07) is 9.83. The second-order valence-electron chi connectivity index (χ2n) is 4.56. The number of fused-ring (bicyclic) bond motifs is 1. The fourth-order valence-electron chi connectivity index (χ4n) is 2.13. The molecule has 0 fully saturated rings. The normalized spacial score (nSPS) is 11.0. The van der Waals surface area contributed by atoms with Gasteiger partial charge in [-0.05, 0) is 28.1 Å². The molecule has 2 nitrogen and oxygen atoms in total. The van der Waals surface area contributed by atoms with Crippen molar-refractivity contribution >= 4 is 44.1 Å². The van der Waals surface area contributed by atoms with Crippen molar-refractivity contribution in [1.29, 1.82) is 0 Å². The van der Waals surface area contributed by atoms with Crippen molar-refractivity contribution < 1.29 is 8.78 Å². The van der Waals surface area contributed by atoms with E-state index < -0.39 is 11.6 Å². The number of anilines is 1. The Hall–Kier alpha value is -1.59. The first kappa shape index (κ1) is 14.4. The highest BCUT2D eigenvalue weighted by Gasteiger charge is 2.11. The molecule has 0 aliphatic heterocycles. The molecular weight excluding hydrogens is 362 g/mol. The number of aromatic amines is 1. The van der Waals surface area contributed by atoms with E-state index in [-0.39, 0.29) is 10.2 Å². The van der Waals surface area contributed by atoms with Gasteiger partial charge < -0.3 is 10.3 Å². The zero-order chi connectivity index (χ0) is 15.0. The number of rotatable bonds is 3. The van der Waals surface area contributed by atoms with Crippen LogP contribution in [0.2, 0.25) is 5.02 Å². The van der Waals surface area contributed by atoms with Gasteiger partial charge in [0.1, 0.15) is 11.6 Å². The van der Waals surface area contributed by atoms with Crippen LogP contribution in [0.5, 0.6) is 0 Å². The van der Waals surface area contributed by atoms with E-state index in [1.54, 1.807) is 0 Å². The molecule has 3 rings (SSSR count). The summed E-state index contributed by atoms with van der Waals surface area (Å²) in [6.45, 7) is 0.308. The Morgan fingerprint density at radius 2 is 1.90 bits per heavy atom. The van der Waals surface area contributed by atoms with E-state index in [0.717, 1.165) is 22.7 Å². The molecule has 0 saturated heterocycles. The van der Waals surface area contributed by atoms with Crippen LogP contribution in [0.4, 0.5) is 14.5 Å². The molecule has 3 aromatic rings. The van der Waals surface area contributed by atoms with Crippen LogP contribution in [0.25, 0.3) is 10.9 Å². The number of halogens is 4. The summed E-state index contributed by atoms with van der Waals surface area (Å²) in [5.74, 6) is -1.29. The van der Waals surface area contributed by atoms with Gasteiger partial charge in [0.15, 0.2) is 0 Å². The summed E-state index contributed by atoms with van der Waals surface area (Å²) in [7, 11) is 0. The minimum atomic E-state index is -0.650. The van der Waals surface area contributed by atoms with Gasteiger partial charge >= 0.3 is 0 Å². The topological polar surface area (TPSA) is 27.8 Å². The van der Waals surface area contributed by atoms with Crippen molar-refractivity contribution in [2.45, 2.75) is 6.54 Å². The molecule has 2 N–H and O–H groups in total. The van der Waals surface area contributed by atoms with Gasteiger partial charge in [-0.25, -0.2) is 8.78 Å². The zero-order valence-electron chi connectivity index (χ0n) is 10.7. The summed E-state index contributed by atoms with van der Waals surface area (Å²) in [5, 5.41) is 4.42. The van der Waals surface area contributed by atoms with Crippen LogP contribution in [-0.2, 0) is 6.54 Å². The van der Waals surface area contributed by atoms with Gasteiger partial charge in [0, 0.05) is 17.0 Å². The van der Waals surface area contributed by atoms with Crippen molar-refractivity contribution in [2.75, 3.05) is 5.32 Å². The molecule has 2 aromatic carbocycles. The molecular formula is C15H10BrClF2N2. The van der Waals surface area contributed by atoms with Gasteiger partial charge in [0.2, 0.25) is 0 Å². The molecule has 0 radical (unpaired) electrons. The van der Waals surface area contributed by atoms with Crippen LogP contribution < -0.4 is 5.32 Å². The number of para-hydroxylation sites is 1. The minimum Gasteiger partial charge on any atom is -0.377 e. The van der Waals surface area contributed by atoms with Gasteiger partial charge in [-0.1, -0.05) is 29.8 Å². The standard InChI is InChI=1S/C15H10BrClF2N2/c16-9-5-13(11(19)6-10(9)18)20-7-14-15(17)8-3-1-2-4-12(8)21-14/h1-6,20-21H,7H2. The lowest BCUT2D eigenvalue weighted by atomic mass is 10.2. The van der Waals surface area contributed by atoms with Gasteiger partial charge in [0.05, 0.1) is 27.4 Å². The van der Waals surface area contributed by atoms with Gasteiger partial charge in [-0.15, -0.1) is 0 Å². The maximum Gasteiger partial charge on any atom is 0.149 e. The van der Waals surface area contributed by atoms with E-state index in [4.69, 9.17) is 11.6 Å². The molecule has 0 amide bonds. The smallest absolute Gasteiger partial charge is 0.149 e. The largest absolute Gasteiger partial charge is 0.377 e. The minimum absolute atomic E-state index is 0.203. The quantitative estimate of drug-likeness (QED) is 0.587. The van der Waals surface area contributed by atoms with E-state index in [1.165, 1.54) is 6.07 Å². The monoisotopic (exact) mass is 370 g/mol. The third kappa shape index (κ3) is 2.76. The van der Waals surface area contributed by atoms with Crippen LogP contribution in [-0.4, -0.2) is 4.98 Å². The molecule has 108 valence electrons. The van der Waals surface area contributed by atoms with Crippen molar-refractivity contribution in [3.8, 4) is 0 Å². The highest BCUT2D eigenvalue weighted by atomic mass is 79.9. The summed E-state index contributed by atoms with van der Waals surface area (Å²) < 4.78 is 27.1. The molecule has 0 bridgehead atoms. The molecule has 0 unspecified atom stereocenters. The zero-order valence-corrected chi connectivity index (χ0v) is 13.0. The van der Waals surface area contributed by atoms with E-state index in [1.807, 2.05) is 24.3 Å². The molecule has 0 aliphatic rings. The summed E-state index contributed by atoms with van der Waals surface area (Å²) in [6.07, 6.45) is 0. The Labute approximate surface area is 133 Å². The van der Waals surface area contributed by atoms with Crippen LogP contribution in [0, 0.1) is 11.6 Å². The van der Waals surface area contributed by atoms with Crippen LogP contribution in [0.3, 0.4) is 0 Å². The fraction of sp³-hybridized carbons (Fsp3) is 0.0667. The first-order chi connectivity index (χ1) is 10.1. The molecule has 21 heavy (non-hydrogen) atoms. The van der Waals surface area contributed by atoms with E-state index >= 15 is 0 Å². The Morgan fingerprint density at radius 1 is 1.14 bits per heavy atom. The number of H-pyrrole nitrogens is 1. The predicted octanol–water partition coefficient (Wildman–Crippen LogP) is 5.47. The van der Waals surface area contributed by atoms with Crippen LogP contribution in [0.15, 0.2) is 40.9 Å². The lowest BCUT2D eigenvalue weighted by Gasteiger charge is -2.08. The van der Waals surface area contributed by atoms with E-state index in [9.17, 15) is 8.78 Å². The van der Waals surface area contributed by atoms with Gasteiger partial charge in [-0.3, -0.25) is 0 Å². The maximum atomic E-state index is 13.7. The fourth-order valence-corrected chi connectivity index (χ4v) is 2.75. The number of aromatic nitrogens is 1. The Morgan fingerprint density at radius 3 is 2.67 bits per heavy atom. The highest BCUT2D eigenvalue weighted by Crippen LogP contribution is 2.29. The summed E-state index contributed by atoms with van der Waals surface area (Å²) in [5.41, 5.74) is 1.87. The maximum absolute atomic E-state index is 13.7. The predicted molar refractivity (Wildman–Crippen MR) is 84.7 cm³/mol. The first-order valence-corrected chi connectivity index (χ1v) is 7.37. The Kier molecular flexibility index (Phi) is 3.87. The first-order valence-electron chi connectivity index (χ1n) is 6.20. The molecule has 1 heterocycles. The Bertz CT molecular complexity index is 817. The third-order valence-electron chi connectivity index (χ3n) is 3.18. The second-order valence-corrected chi connectivity index (χ2v) is 5.80. The number of nitrogens with one attached hydrogen (secondary N) is 2. The SMILES string of the molecule is Fc1cc(F)c(NCc2[nH]c3ccccc3c2Cl)cc1Br. The molecule has 0 aliphatic carbocycles. The molecule has 1 aromatic heterocycles. The van der Waals surface area contributed by atoms with Crippen LogP contribution >= 0.6 is 27.5 Å². The summed E-state index contributed by atoms with van der Waals surface area (Å²) >= 11 is 9.32. The summed E-state index contributed by atoms with van der Waals surface area (Å²) in [4.78, 5) is 3.18. The van der Waals surface area contributed by atoms with Gasteiger partial charge in [-0.2, -0.15) is 0 Å². The third-order valence-corrected chi connectivity index (χ3v) is 4.22. The average molecular weight is 372 g/mol.